The molecule has 0 radical (unpaired) electrons. The number of piperidine rings is 1. The first-order valence-electron chi connectivity index (χ1n) is 5.98. The molecule has 1 saturated heterocycles. The predicted octanol–water partition coefficient (Wildman–Crippen LogP) is 3.93. The topological polar surface area (TPSA) is 20.3 Å². The van der Waals surface area contributed by atoms with Gasteiger partial charge in [-0.25, -0.2) is 0 Å². The highest BCUT2D eigenvalue weighted by Gasteiger charge is 2.42. The highest BCUT2D eigenvalue weighted by molar-refractivity contribution is 6.31. The van der Waals surface area contributed by atoms with E-state index in [1.807, 2.05) is 0 Å². The maximum atomic E-state index is 12.8. The largest absolute Gasteiger partial charge is 0.393 e. The van der Waals surface area contributed by atoms with Crippen molar-refractivity contribution < 1.29 is 18.0 Å². The molecule has 0 spiro atoms. The summed E-state index contributed by atoms with van der Waals surface area (Å²) in [6.45, 7) is 0.387. The van der Waals surface area contributed by atoms with Gasteiger partial charge in [0.1, 0.15) is 0 Å². The van der Waals surface area contributed by atoms with Crippen LogP contribution in [0.25, 0.3) is 0 Å². The van der Waals surface area contributed by atoms with Crippen LogP contribution in [0, 0.1) is 5.92 Å². The molecule has 1 aromatic rings. The zero-order valence-electron chi connectivity index (χ0n) is 10.1. The summed E-state index contributed by atoms with van der Waals surface area (Å²) in [6, 6.07) is 4.63. The monoisotopic (exact) mass is 291 g/mol. The zero-order valence-corrected chi connectivity index (χ0v) is 10.8. The minimum Gasteiger partial charge on any atom is -0.370 e. The highest BCUT2D eigenvalue weighted by Crippen LogP contribution is 2.36. The Labute approximate surface area is 114 Å². The van der Waals surface area contributed by atoms with Crippen LogP contribution >= 0.6 is 11.6 Å². The lowest BCUT2D eigenvalue weighted by atomic mass is 9.96. The third kappa shape index (κ3) is 3.21. The third-order valence-corrected chi connectivity index (χ3v) is 3.58. The molecule has 0 bridgehead atoms. The third-order valence-electron chi connectivity index (χ3n) is 3.34. The first kappa shape index (κ1) is 14.2. The van der Waals surface area contributed by atoms with E-state index in [0.29, 0.717) is 35.5 Å². The fourth-order valence-electron chi connectivity index (χ4n) is 2.35. The van der Waals surface area contributed by atoms with Gasteiger partial charge < -0.3 is 4.90 Å². The molecule has 1 aliphatic rings. The molecule has 1 fully saturated rings. The van der Waals surface area contributed by atoms with Crippen molar-refractivity contribution in [1.82, 2.24) is 0 Å². The van der Waals surface area contributed by atoms with E-state index in [9.17, 15) is 18.0 Å². The molecule has 1 atom stereocenters. The summed E-state index contributed by atoms with van der Waals surface area (Å²) >= 11 is 5.85. The molecule has 0 amide bonds. The molecular formula is C13H13ClF3NO. The molecule has 104 valence electrons. The van der Waals surface area contributed by atoms with Gasteiger partial charge in [-0.05, 0) is 31.0 Å². The van der Waals surface area contributed by atoms with Crippen molar-refractivity contribution >= 4 is 23.6 Å². The Morgan fingerprint density at radius 2 is 2.11 bits per heavy atom. The van der Waals surface area contributed by atoms with Gasteiger partial charge in [0.05, 0.1) is 5.92 Å². The molecule has 6 heteroatoms. The fraction of sp³-hybridized carbons (Fsp3) is 0.462. The number of aldehydes is 1. The number of hydrogen-bond acceptors (Lipinski definition) is 2. The summed E-state index contributed by atoms with van der Waals surface area (Å²) in [4.78, 5) is 12.6. The minimum atomic E-state index is -4.20. The molecule has 0 aliphatic carbocycles. The molecular weight excluding hydrogens is 279 g/mol. The maximum Gasteiger partial charge on any atom is 0.393 e. The van der Waals surface area contributed by atoms with E-state index in [0.717, 1.165) is 0 Å². The second kappa shape index (κ2) is 5.41. The van der Waals surface area contributed by atoms with Crippen molar-refractivity contribution in [2.45, 2.75) is 19.0 Å². The highest BCUT2D eigenvalue weighted by atomic mass is 35.5. The van der Waals surface area contributed by atoms with E-state index >= 15 is 0 Å². The summed E-state index contributed by atoms with van der Waals surface area (Å²) in [5.74, 6) is -1.35. The van der Waals surface area contributed by atoms with Crippen LogP contribution in [0.3, 0.4) is 0 Å². The molecule has 0 saturated carbocycles. The average molecular weight is 292 g/mol. The lowest BCUT2D eigenvalue weighted by molar-refractivity contribution is -0.175. The number of halogens is 4. The molecule has 0 aromatic heterocycles. The Hall–Kier alpha value is -1.23. The number of hydrogen-bond donors (Lipinski definition) is 0. The Kier molecular flexibility index (Phi) is 4.04. The summed E-state index contributed by atoms with van der Waals surface area (Å²) in [5.41, 5.74) is 0.851. The van der Waals surface area contributed by atoms with Gasteiger partial charge in [-0.2, -0.15) is 13.2 Å². The van der Waals surface area contributed by atoms with Gasteiger partial charge in [0.25, 0.3) is 0 Å². The quantitative estimate of drug-likeness (QED) is 0.770. The number of alkyl halides is 3. The average Bonchev–Trinajstić information content (AvgIpc) is 2.38. The molecule has 1 aromatic carbocycles. The van der Waals surface area contributed by atoms with E-state index in [1.54, 1.807) is 17.0 Å². The zero-order chi connectivity index (χ0) is 14.0. The van der Waals surface area contributed by atoms with Crippen LogP contribution in [0.15, 0.2) is 18.2 Å². The van der Waals surface area contributed by atoms with E-state index in [1.165, 1.54) is 6.07 Å². The first-order valence-corrected chi connectivity index (χ1v) is 6.36. The van der Waals surface area contributed by atoms with E-state index in [2.05, 4.69) is 0 Å². The van der Waals surface area contributed by atoms with Crippen LogP contribution in [0.4, 0.5) is 18.9 Å². The van der Waals surface area contributed by atoms with Gasteiger partial charge in [0.15, 0.2) is 6.29 Å². The molecule has 1 aliphatic heterocycles. The lowest BCUT2D eigenvalue weighted by Gasteiger charge is -2.35. The summed E-state index contributed by atoms with van der Waals surface area (Å²) in [6.07, 6.45) is -2.96. The molecule has 0 N–H and O–H groups in total. The van der Waals surface area contributed by atoms with Crippen molar-refractivity contribution in [2.75, 3.05) is 18.0 Å². The predicted molar refractivity (Wildman–Crippen MR) is 67.8 cm³/mol. The SMILES string of the molecule is O=Cc1ccc(Cl)cc1N1CCCC(C(F)(F)F)C1. The number of carbonyl (C=O) groups is 1. The van der Waals surface area contributed by atoms with Crippen molar-refractivity contribution in [3.8, 4) is 0 Å². The van der Waals surface area contributed by atoms with Crippen molar-refractivity contribution in [1.29, 1.82) is 0 Å². The second-order valence-corrected chi connectivity index (χ2v) is 5.08. The van der Waals surface area contributed by atoms with Gasteiger partial charge in [-0.1, -0.05) is 11.6 Å². The molecule has 2 rings (SSSR count). The Morgan fingerprint density at radius 3 is 2.74 bits per heavy atom. The minimum absolute atomic E-state index is 0.120. The van der Waals surface area contributed by atoms with Gasteiger partial charge in [0, 0.05) is 29.4 Å². The standard InChI is InChI=1S/C13H13ClF3NO/c14-11-4-3-9(8-19)12(6-11)18-5-1-2-10(7-18)13(15,16)17/h3-4,6,8,10H,1-2,5,7H2. The van der Waals surface area contributed by atoms with E-state index in [-0.39, 0.29) is 13.0 Å². The van der Waals surface area contributed by atoms with Crippen molar-refractivity contribution in [2.24, 2.45) is 5.92 Å². The van der Waals surface area contributed by atoms with E-state index in [4.69, 9.17) is 11.6 Å². The summed E-state index contributed by atoms with van der Waals surface area (Å²) in [7, 11) is 0. The van der Waals surface area contributed by atoms with Crippen LogP contribution in [-0.4, -0.2) is 25.6 Å². The van der Waals surface area contributed by atoms with Crippen LogP contribution in [0.5, 0.6) is 0 Å². The molecule has 2 nitrogen and oxygen atoms in total. The van der Waals surface area contributed by atoms with E-state index < -0.39 is 12.1 Å². The number of rotatable bonds is 2. The van der Waals surface area contributed by atoms with Crippen LogP contribution in [0.1, 0.15) is 23.2 Å². The first-order chi connectivity index (χ1) is 8.91. The number of benzene rings is 1. The lowest BCUT2D eigenvalue weighted by Crippen LogP contribution is -2.42. The summed E-state index contributed by atoms with van der Waals surface area (Å²) < 4.78 is 38.3. The number of nitrogens with zero attached hydrogens (tertiary/aromatic N) is 1. The number of anilines is 1. The fourth-order valence-corrected chi connectivity index (χ4v) is 2.52. The number of carbonyl (C=O) groups excluding carboxylic acids is 1. The van der Waals surface area contributed by atoms with Gasteiger partial charge in [-0.3, -0.25) is 4.79 Å². The Morgan fingerprint density at radius 1 is 1.37 bits per heavy atom. The van der Waals surface area contributed by atoms with Crippen LogP contribution < -0.4 is 4.90 Å². The van der Waals surface area contributed by atoms with Gasteiger partial charge in [-0.15, -0.1) is 0 Å². The van der Waals surface area contributed by atoms with Crippen molar-refractivity contribution in [3.05, 3.63) is 28.8 Å². The molecule has 1 heterocycles. The smallest absolute Gasteiger partial charge is 0.370 e. The Bertz CT molecular complexity index is 475. The molecule has 1 unspecified atom stereocenters. The van der Waals surface area contributed by atoms with Gasteiger partial charge in [0.2, 0.25) is 0 Å². The second-order valence-electron chi connectivity index (χ2n) is 4.65. The van der Waals surface area contributed by atoms with Crippen LogP contribution in [0.2, 0.25) is 5.02 Å². The van der Waals surface area contributed by atoms with Crippen molar-refractivity contribution in [3.63, 3.8) is 0 Å². The molecule has 19 heavy (non-hydrogen) atoms. The summed E-state index contributed by atoms with van der Waals surface area (Å²) in [5, 5.41) is 0.412. The van der Waals surface area contributed by atoms with Gasteiger partial charge >= 0.3 is 6.18 Å². The van der Waals surface area contributed by atoms with Crippen LogP contribution in [-0.2, 0) is 0 Å². The maximum absolute atomic E-state index is 12.8. The Balaban J connectivity index is 2.26. The normalized spacial score (nSPS) is 20.4.